The van der Waals surface area contributed by atoms with Gasteiger partial charge >= 0.3 is 0 Å². The van der Waals surface area contributed by atoms with Gasteiger partial charge in [-0.1, -0.05) is 19.1 Å². The smallest absolute Gasteiger partial charge is 0.0934 e. The third kappa shape index (κ3) is 2.29. The molecule has 1 aromatic heterocycles. The highest BCUT2D eigenvalue weighted by Gasteiger charge is 2.01. The first kappa shape index (κ1) is 10.4. The summed E-state index contributed by atoms with van der Waals surface area (Å²) < 4.78 is 1.02. The molecule has 0 saturated carbocycles. The molecule has 78 valence electrons. The predicted molar refractivity (Wildman–Crippen MR) is 68.2 cm³/mol. The van der Waals surface area contributed by atoms with Gasteiger partial charge in [0.1, 0.15) is 0 Å². The minimum Gasteiger partial charge on any atom is -0.383 e. The van der Waals surface area contributed by atoms with E-state index in [0.29, 0.717) is 0 Å². The number of nitrogens with one attached hydrogen (secondary N) is 1. The number of rotatable bonds is 3. The minimum absolute atomic E-state index is 0.983. The molecule has 0 aliphatic heterocycles. The number of benzene rings is 1. The molecule has 2 aromatic rings. The maximum Gasteiger partial charge on any atom is 0.0934 e. The predicted octanol–water partition coefficient (Wildman–Crippen LogP) is 3.82. The molecule has 2 rings (SSSR count). The first-order chi connectivity index (χ1) is 7.31. The van der Waals surface area contributed by atoms with Crippen LogP contribution in [0.5, 0.6) is 0 Å². The number of hydrogen-bond donors (Lipinski definition) is 1. The van der Waals surface area contributed by atoms with Gasteiger partial charge in [-0.2, -0.15) is 0 Å². The summed E-state index contributed by atoms with van der Waals surface area (Å²) in [5.74, 6) is 0. The van der Waals surface area contributed by atoms with E-state index in [0.717, 1.165) is 34.0 Å². The van der Waals surface area contributed by atoms with Gasteiger partial charge < -0.3 is 5.32 Å². The Bertz CT molecular complexity index is 468. The lowest BCUT2D eigenvalue weighted by atomic mass is 10.2. The van der Waals surface area contributed by atoms with Gasteiger partial charge in [0, 0.05) is 22.6 Å². The Morgan fingerprint density at radius 3 is 3.07 bits per heavy atom. The normalized spacial score (nSPS) is 10.5. The second kappa shape index (κ2) is 4.62. The van der Waals surface area contributed by atoms with Crippen molar-refractivity contribution in [2.45, 2.75) is 13.3 Å². The summed E-state index contributed by atoms with van der Waals surface area (Å²) in [7, 11) is 0. The molecule has 0 atom stereocenters. The van der Waals surface area contributed by atoms with Crippen LogP contribution in [0.4, 0.5) is 5.69 Å². The van der Waals surface area contributed by atoms with Crippen LogP contribution < -0.4 is 5.32 Å². The number of fused-ring (bicyclic) bond motifs is 1. The second-order valence-electron chi connectivity index (χ2n) is 3.46. The quantitative estimate of drug-likeness (QED) is 0.912. The van der Waals surface area contributed by atoms with Gasteiger partial charge in [-0.05, 0) is 34.5 Å². The zero-order chi connectivity index (χ0) is 10.7. The first-order valence-corrected chi connectivity index (χ1v) is 5.88. The van der Waals surface area contributed by atoms with Crippen molar-refractivity contribution in [3.8, 4) is 0 Å². The van der Waals surface area contributed by atoms with E-state index in [-0.39, 0.29) is 0 Å². The Balaban J connectivity index is 2.46. The molecule has 1 aromatic carbocycles. The summed E-state index contributed by atoms with van der Waals surface area (Å²) in [6, 6.07) is 8.27. The number of pyridine rings is 1. The second-order valence-corrected chi connectivity index (χ2v) is 4.37. The standard InChI is InChI=1S/C12H13BrN2/c1-2-6-14-11-5-3-4-9-7-10(13)8-15-12(9)11/h3-5,7-8,14H,2,6H2,1H3. The lowest BCUT2D eigenvalue weighted by molar-refractivity contribution is 0.981. The highest BCUT2D eigenvalue weighted by Crippen LogP contribution is 2.23. The number of nitrogens with zero attached hydrogens (tertiary/aromatic N) is 1. The van der Waals surface area contributed by atoms with Crippen molar-refractivity contribution in [3.63, 3.8) is 0 Å². The van der Waals surface area contributed by atoms with Crippen molar-refractivity contribution in [3.05, 3.63) is 34.9 Å². The van der Waals surface area contributed by atoms with E-state index in [9.17, 15) is 0 Å². The zero-order valence-electron chi connectivity index (χ0n) is 8.63. The van der Waals surface area contributed by atoms with Gasteiger partial charge in [-0.15, -0.1) is 0 Å². The highest BCUT2D eigenvalue weighted by molar-refractivity contribution is 9.10. The Kier molecular flexibility index (Phi) is 3.21. The number of aromatic nitrogens is 1. The van der Waals surface area contributed by atoms with E-state index < -0.39 is 0 Å². The largest absolute Gasteiger partial charge is 0.383 e. The van der Waals surface area contributed by atoms with Crippen LogP contribution in [0.3, 0.4) is 0 Å². The molecule has 0 spiro atoms. The minimum atomic E-state index is 0.983. The van der Waals surface area contributed by atoms with Crippen LogP contribution in [0.2, 0.25) is 0 Å². The average molecular weight is 265 g/mol. The Labute approximate surface area is 97.8 Å². The Morgan fingerprint density at radius 1 is 1.40 bits per heavy atom. The molecule has 15 heavy (non-hydrogen) atoms. The summed E-state index contributed by atoms with van der Waals surface area (Å²) in [6.45, 7) is 3.14. The van der Waals surface area contributed by atoms with Crippen LogP contribution in [0, 0.1) is 0 Å². The Hall–Kier alpha value is -1.09. The van der Waals surface area contributed by atoms with Crippen molar-refractivity contribution in [2.24, 2.45) is 0 Å². The summed E-state index contributed by atoms with van der Waals surface area (Å²) in [5.41, 5.74) is 2.15. The fourth-order valence-electron chi connectivity index (χ4n) is 1.54. The van der Waals surface area contributed by atoms with E-state index in [4.69, 9.17) is 0 Å². The molecule has 0 radical (unpaired) electrons. The number of anilines is 1. The van der Waals surface area contributed by atoms with Gasteiger partial charge in [0.15, 0.2) is 0 Å². The van der Waals surface area contributed by atoms with E-state index in [1.165, 1.54) is 0 Å². The molecular formula is C12H13BrN2. The monoisotopic (exact) mass is 264 g/mol. The summed E-state index contributed by atoms with van der Waals surface area (Å²) >= 11 is 3.43. The van der Waals surface area contributed by atoms with Crippen molar-refractivity contribution < 1.29 is 0 Å². The maximum absolute atomic E-state index is 4.42. The van der Waals surface area contributed by atoms with E-state index in [1.54, 1.807) is 0 Å². The van der Waals surface area contributed by atoms with Gasteiger partial charge in [0.25, 0.3) is 0 Å². The average Bonchev–Trinajstić information content (AvgIpc) is 2.25. The first-order valence-electron chi connectivity index (χ1n) is 5.09. The van der Waals surface area contributed by atoms with Crippen LogP contribution in [-0.2, 0) is 0 Å². The lowest BCUT2D eigenvalue weighted by Crippen LogP contribution is -2.00. The van der Waals surface area contributed by atoms with Gasteiger partial charge in [0.05, 0.1) is 11.2 Å². The zero-order valence-corrected chi connectivity index (χ0v) is 10.2. The fraction of sp³-hybridized carbons (Fsp3) is 0.250. The van der Waals surface area contributed by atoms with E-state index in [1.807, 2.05) is 6.20 Å². The van der Waals surface area contributed by atoms with Crippen LogP contribution in [0.15, 0.2) is 34.9 Å². The van der Waals surface area contributed by atoms with Gasteiger partial charge in [-0.3, -0.25) is 4.98 Å². The van der Waals surface area contributed by atoms with Gasteiger partial charge in [-0.25, -0.2) is 0 Å². The molecule has 0 unspecified atom stereocenters. The molecule has 2 nitrogen and oxygen atoms in total. The molecule has 1 heterocycles. The third-order valence-electron chi connectivity index (χ3n) is 2.24. The summed E-state index contributed by atoms with van der Waals surface area (Å²) in [5, 5.41) is 4.54. The molecule has 3 heteroatoms. The van der Waals surface area contributed by atoms with Crippen LogP contribution in [0.1, 0.15) is 13.3 Å². The molecule has 1 N–H and O–H groups in total. The third-order valence-corrected chi connectivity index (χ3v) is 2.68. The SMILES string of the molecule is CCCNc1cccc2cc(Br)cnc12. The molecule has 0 aliphatic rings. The molecule has 0 aliphatic carbocycles. The maximum atomic E-state index is 4.42. The van der Waals surface area contributed by atoms with E-state index in [2.05, 4.69) is 57.4 Å². The lowest BCUT2D eigenvalue weighted by Gasteiger charge is -2.07. The topological polar surface area (TPSA) is 24.9 Å². The fourth-order valence-corrected chi connectivity index (χ4v) is 1.89. The molecular weight excluding hydrogens is 252 g/mol. The molecule has 0 saturated heterocycles. The van der Waals surface area contributed by atoms with Gasteiger partial charge in [0.2, 0.25) is 0 Å². The molecule has 0 fully saturated rings. The molecule has 0 bridgehead atoms. The van der Waals surface area contributed by atoms with Crippen LogP contribution in [0.25, 0.3) is 10.9 Å². The number of hydrogen-bond acceptors (Lipinski definition) is 2. The van der Waals surface area contributed by atoms with Crippen molar-refractivity contribution in [1.82, 2.24) is 4.98 Å². The van der Waals surface area contributed by atoms with Crippen molar-refractivity contribution >= 4 is 32.5 Å². The Morgan fingerprint density at radius 2 is 2.27 bits per heavy atom. The summed E-state index contributed by atoms with van der Waals surface area (Å²) in [4.78, 5) is 4.42. The van der Waals surface area contributed by atoms with Crippen LogP contribution in [-0.4, -0.2) is 11.5 Å². The summed E-state index contributed by atoms with van der Waals surface area (Å²) in [6.07, 6.45) is 2.95. The van der Waals surface area contributed by atoms with Crippen LogP contribution >= 0.6 is 15.9 Å². The number of para-hydroxylation sites is 1. The molecule has 0 amide bonds. The van der Waals surface area contributed by atoms with Crippen molar-refractivity contribution in [1.29, 1.82) is 0 Å². The number of halogens is 1. The van der Waals surface area contributed by atoms with Crippen molar-refractivity contribution in [2.75, 3.05) is 11.9 Å². The van der Waals surface area contributed by atoms with E-state index >= 15 is 0 Å². The highest BCUT2D eigenvalue weighted by atomic mass is 79.9.